The van der Waals surface area contributed by atoms with Gasteiger partial charge in [0.15, 0.2) is 5.78 Å². The molecule has 0 bridgehead atoms. The maximum absolute atomic E-state index is 12.4. The van der Waals surface area contributed by atoms with E-state index in [1.54, 1.807) is 0 Å². The first-order chi connectivity index (χ1) is 9.72. The summed E-state index contributed by atoms with van der Waals surface area (Å²) < 4.78 is 0. The minimum atomic E-state index is 0.0325. The predicted molar refractivity (Wildman–Crippen MR) is 82.6 cm³/mol. The van der Waals surface area contributed by atoms with Gasteiger partial charge in [0.1, 0.15) is 0 Å². The van der Waals surface area contributed by atoms with E-state index in [9.17, 15) is 4.79 Å². The molecule has 20 heavy (non-hydrogen) atoms. The molecule has 2 rings (SSSR count). The summed E-state index contributed by atoms with van der Waals surface area (Å²) >= 11 is 0. The van der Waals surface area contributed by atoms with Crippen LogP contribution in [0.15, 0.2) is 60.7 Å². The number of carbonyl (C=O) groups is 1. The van der Waals surface area contributed by atoms with Crippen molar-refractivity contribution in [1.29, 1.82) is 0 Å². The van der Waals surface area contributed by atoms with Gasteiger partial charge in [-0.3, -0.25) is 4.79 Å². The van der Waals surface area contributed by atoms with Crippen molar-refractivity contribution in [3.05, 3.63) is 71.8 Å². The number of benzene rings is 2. The molecule has 2 atom stereocenters. The van der Waals surface area contributed by atoms with Gasteiger partial charge in [0.2, 0.25) is 0 Å². The summed E-state index contributed by atoms with van der Waals surface area (Å²) in [5.74, 6) is 3.00. The van der Waals surface area contributed by atoms with E-state index >= 15 is 0 Å². The number of carbonyl (C=O) groups excluding carboxylic acids is 1. The van der Waals surface area contributed by atoms with Crippen LogP contribution >= 0.6 is 0 Å². The highest BCUT2D eigenvalue weighted by atomic mass is 16.1. The Morgan fingerprint density at radius 1 is 1.05 bits per heavy atom. The lowest BCUT2D eigenvalue weighted by Gasteiger charge is -2.20. The Bertz CT molecular complexity index is 593. The summed E-state index contributed by atoms with van der Waals surface area (Å²) in [6.07, 6.45) is 6.01. The third-order valence-electron chi connectivity index (χ3n) is 3.60. The minimum absolute atomic E-state index is 0.0325. The van der Waals surface area contributed by atoms with Crippen LogP contribution in [0.4, 0.5) is 0 Å². The molecule has 0 spiro atoms. The van der Waals surface area contributed by atoms with Gasteiger partial charge >= 0.3 is 0 Å². The second kappa shape index (κ2) is 6.73. The highest BCUT2D eigenvalue weighted by Gasteiger charge is 2.21. The van der Waals surface area contributed by atoms with Gasteiger partial charge in [-0.1, -0.05) is 67.6 Å². The normalized spacial score (nSPS) is 13.2. The molecular weight excluding hydrogens is 244 g/mol. The van der Waals surface area contributed by atoms with Gasteiger partial charge in [0.25, 0.3) is 0 Å². The van der Waals surface area contributed by atoms with Crippen molar-refractivity contribution in [1.82, 2.24) is 0 Å². The molecule has 0 aromatic heterocycles. The number of Topliss-reactive ketones (excluding diaryl/α,β-unsaturated/α-hetero) is 1. The molecule has 2 aromatic carbocycles. The molecule has 0 saturated carbocycles. The maximum Gasteiger partial charge on any atom is 0.163 e. The summed E-state index contributed by atoms with van der Waals surface area (Å²) in [7, 11) is 0. The monoisotopic (exact) mass is 262 g/mol. The summed E-state index contributed by atoms with van der Waals surface area (Å²) in [4.78, 5) is 12.4. The molecule has 0 fully saturated rings. The molecule has 0 aliphatic rings. The van der Waals surface area contributed by atoms with E-state index in [4.69, 9.17) is 6.42 Å². The molecular formula is C19H18O. The predicted octanol–water partition coefficient (Wildman–Crippen LogP) is 4.31. The lowest BCUT2D eigenvalue weighted by Crippen LogP contribution is -2.13. The molecule has 0 amide bonds. The van der Waals surface area contributed by atoms with Crippen molar-refractivity contribution in [2.24, 2.45) is 5.92 Å². The van der Waals surface area contributed by atoms with Crippen LogP contribution in [0.2, 0.25) is 0 Å². The van der Waals surface area contributed by atoms with Crippen LogP contribution in [0.1, 0.15) is 35.2 Å². The molecule has 1 heteroatoms. The average molecular weight is 262 g/mol. The highest BCUT2D eigenvalue weighted by Crippen LogP contribution is 2.29. The first-order valence-electron chi connectivity index (χ1n) is 6.81. The third kappa shape index (κ3) is 3.36. The van der Waals surface area contributed by atoms with Crippen LogP contribution in [0.5, 0.6) is 0 Å². The highest BCUT2D eigenvalue weighted by molar-refractivity contribution is 5.96. The van der Waals surface area contributed by atoms with Crippen molar-refractivity contribution in [3.8, 4) is 12.3 Å². The van der Waals surface area contributed by atoms with Gasteiger partial charge in [0.05, 0.1) is 0 Å². The maximum atomic E-state index is 12.4. The Kier molecular flexibility index (Phi) is 4.74. The Balaban J connectivity index is 2.22. The fraction of sp³-hybridized carbons (Fsp3) is 0.211. The van der Waals surface area contributed by atoms with Crippen LogP contribution in [-0.4, -0.2) is 5.78 Å². The van der Waals surface area contributed by atoms with Crippen LogP contribution in [0.25, 0.3) is 0 Å². The Morgan fingerprint density at radius 3 is 2.15 bits per heavy atom. The topological polar surface area (TPSA) is 17.1 Å². The van der Waals surface area contributed by atoms with E-state index in [1.165, 1.54) is 0 Å². The Labute approximate surface area is 120 Å². The first-order valence-corrected chi connectivity index (χ1v) is 6.81. The fourth-order valence-corrected chi connectivity index (χ4v) is 2.34. The number of terminal acetylenes is 1. The largest absolute Gasteiger partial charge is 0.294 e. The van der Waals surface area contributed by atoms with Crippen LogP contribution in [0, 0.1) is 18.3 Å². The minimum Gasteiger partial charge on any atom is -0.294 e. The second-order valence-corrected chi connectivity index (χ2v) is 4.97. The van der Waals surface area contributed by atoms with Gasteiger partial charge in [-0.2, -0.15) is 0 Å². The summed E-state index contributed by atoms with van der Waals surface area (Å²) in [5.41, 5.74) is 1.87. The van der Waals surface area contributed by atoms with Crippen molar-refractivity contribution in [2.45, 2.75) is 19.3 Å². The van der Waals surface area contributed by atoms with Crippen LogP contribution < -0.4 is 0 Å². The quantitative estimate of drug-likeness (QED) is 0.579. The standard InChI is InChI=1S/C19H18O/c1-3-15(2)18(16-10-6-4-7-11-16)14-19(20)17-12-8-5-9-13-17/h1,4-13,15,18H,14H2,2H3. The van der Waals surface area contributed by atoms with E-state index in [0.29, 0.717) is 6.42 Å². The smallest absolute Gasteiger partial charge is 0.163 e. The van der Waals surface area contributed by atoms with E-state index < -0.39 is 0 Å². The molecule has 0 saturated heterocycles. The van der Waals surface area contributed by atoms with Gasteiger partial charge in [-0.15, -0.1) is 12.3 Å². The molecule has 0 heterocycles. The molecule has 2 unspecified atom stereocenters. The van der Waals surface area contributed by atoms with E-state index in [2.05, 4.69) is 5.92 Å². The van der Waals surface area contributed by atoms with Crippen molar-refractivity contribution < 1.29 is 4.79 Å². The van der Waals surface area contributed by atoms with Crippen molar-refractivity contribution >= 4 is 5.78 Å². The third-order valence-corrected chi connectivity index (χ3v) is 3.60. The van der Waals surface area contributed by atoms with Gasteiger partial charge < -0.3 is 0 Å². The van der Waals surface area contributed by atoms with E-state index in [0.717, 1.165) is 11.1 Å². The molecule has 0 aliphatic carbocycles. The number of hydrogen-bond acceptors (Lipinski definition) is 1. The Hall–Kier alpha value is -2.33. The van der Waals surface area contributed by atoms with Crippen molar-refractivity contribution in [2.75, 3.05) is 0 Å². The van der Waals surface area contributed by atoms with Crippen molar-refractivity contribution in [3.63, 3.8) is 0 Å². The molecule has 1 nitrogen and oxygen atoms in total. The zero-order chi connectivity index (χ0) is 14.4. The number of ketones is 1. The summed E-state index contributed by atoms with van der Waals surface area (Å²) in [6.45, 7) is 2.00. The van der Waals surface area contributed by atoms with Gasteiger partial charge in [0, 0.05) is 23.8 Å². The van der Waals surface area contributed by atoms with Gasteiger partial charge in [-0.25, -0.2) is 0 Å². The van der Waals surface area contributed by atoms with Gasteiger partial charge in [-0.05, 0) is 5.56 Å². The van der Waals surface area contributed by atoms with Crippen LogP contribution in [0.3, 0.4) is 0 Å². The first kappa shape index (κ1) is 14.1. The SMILES string of the molecule is C#CC(C)C(CC(=O)c1ccccc1)c1ccccc1. The zero-order valence-corrected chi connectivity index (χ0v) is 11.6. The molecule has 100 valence electrons. The zero-order valence-electron chi connectivity index (χ0n) is 11.6. The molecule has 0 aliphatic heterocycles. The fourth-order valence-electron chi connectivity index (χ4n) is 2.34. The van der Waals surface area contributed by atoms with E-state index in [-0.39, 0.29) is 17.6 Å². The lowest BCUT2D eigenvalue weighted by molar-refractivity contribution is 0.0969. The second-order valence-electron chi connectivity index (χ2n) is 4.97. The Morgan fingerprint density at radius 2 is 1.60 bits per heavy atom. The average Bonchev–Trinajstić information content (AvgIpc) is 2.53. The molecule has 2 aromatic rings. The van der Waals surface area contributed by atoms with E-state index in [1.807, 2.05) is 67.6 Å². The molecule has 0 N–H and O–H groups in total. The summed E-state index contributed by atoms with van der Waals surface area (Å²) in [5, 5.41) is 0. The summed E-state index contributed by atoms with van der Waals surface area (Å²) in [6, 6.07) is 19.4. The van der Waals surface area contributed by atoms with Crippen LogP contribution in [-0.2, 0) is 0 Å². The molecule has 0 radical (unpaired) electrons. The number of rotatable bonds is 5. The lowest BCUT2D eigenvalue weighted by atomic mass is 9.83. The number of hydrogen-bond donors (Lipinski definition) is 0.